The van der Waals surface area contributed by atoms with Crippen molar-refractivity contribution >= 4 is 17.6 Å². The molecule has 0 bridgehead atoms. The van der Waals surface area contributed by atoms with Crippen LogP contribution in [0.3, 0.4) is 0 Å². The van der Waals surface area contributed by atoms with Gasteiger partial charge in [-0.1, -0.05) is 55.5 Å². The predicted octanol–water partition coefficient (Wildman–Crippen LogP) is 3.90. The SMILES string of the molecule is O=C(NCCc1ccccc1Cl)NC1CCCCCC1. The minimum Gasteiger partial charge on any atom is -0.338 e. The van der Waals surface area contributed by atoms with Crippen LogP contribution in [0.1, 0.15) is 44.1 Å². The van der Waals surface area contributed by atoms with Crippen molar-refractivity contribution in [2.75, 3.05) is 6.54 Å². The lowest BCUT2D eigenvalue weighted by Gasteiger charge is -2.16. The van der Waals surface area contributed by atoms with Crippen molar-refractivity contribution in [2.24, 2.45) is 0 Å². The zero-order chi connectivity index (χ0) is 14.2. The highest BCUT2D eigenvalue weighted by atomic mass is 35.5. The minimum atomic E-state index is -0.0519. The second kappa shape index (κ2) is 8.15. The van der Waals surface area contributed by atoms with Crippen molar-refractivity contribution in [3.63, 3.8) is 0 Å². The molecule has 2 amide bonds. The topological polar surface area (TPSA) is 41.1 Å². The molecule has 2 N–H and O–H groups in total. The number of urea groups is 1. The van der Waals surface area contributed by atoms with E-state index in [1.165, 1.54) is 25.7 Å². The van der Waals surface area contributed by atoms with E-state index in [-0.39, 0.29) is 6.03 Å². The van der Waals surface area contributed by atoms with Gasteiger partial charge < -0.3 is 10.6 Å². The van der Waals surface area contributed by atoms with E-state index in [2.05, 4.69) is 10.6 Å². The molecule has 1 saturated carbocycles. The van der Waals surface area contributed by atoms with Crippen molar-refractivity contribution in [3.05, 3.63) is 34.9 Å². The monoisotopic (exact) mass is 294 g/mol. The highest BCUT2D eigenvalue weighted by Gasteiger charge is 2.14. The summed E-state index contributed by atoms with van der Waals surface area (Å²) in [6, 6.07) is 8.04. The number of rotatable bonds is 4. The zero-order valence-corrected chi connectivity index (χ0v) is 12.6. The molecule has 0 heterocycles. The van der Waals surface area contributed by atoms with E-state index in [9.17, 15) is 4.79 Å². The van der Waals surface area contributed by atoms with Crippen LogP contribution >= 0.6 is 11.6 Å². The van der Waals surface area contributed by atoms with Crippen molar-refractivity contribution in [1.29, 1.82) is 0 Å². The molecule has 20 heavy (non-hydrogen) atoms. The van der Waals surface area contributed by atoms with Crippen LogP contribution in [-0.4, -0.2) is 18.6 Å². The average Bonchev–Trinajstić information content (AvgIpc) is 2.69. The fourth-order valence-corrected chi connectivity index (χ4v) is 2.90. The Morgan fingerprint density at radius 3 is 2.55 bits per heavy atom. The van der Waals surface area contributed by atoms with E-state index in [0.717, 1.165) is 29.8 Å². The average molecular weight is 295 g/mol. The third-order valence-corrected chi connectivity index (χ3v) is 4.20. The fraction of sp³-hybridized carbons (Fsp3) is 0.562. The van der Waals surface area contributed by atoms with Gasteiger partial charge in [0.1, 0.15) is 0 Å². The predicted molar refractivity (Wildman–Crippen MR) is 83.2 cm³/mol. The summed E-state index contributed by atoms with van der Waals surface area (Å²) in [5, 5.41) is 6.76. The Bertz CT molecular complexity index is 428. The first-order valence-electron chi connectivity index (χ1n) is 7.53. The molecule has 0 aliphatic heterocycles. The summed E-state index contributed by atoms with van der Waals surface area (Å²) < 4.78 is 0. The highest BCUT2D eigenvalue weighted by molar-refractivity contribution is 6.31. The summed E-state index contributed by atoms with van der Waals surface area (Å²) in [7, 11) is 0. The third kappa shape index (κ3) is 5.04. The molecule has 1 fully saturated rings. The maximum absolute atomic E-state index is 11.8. The van der Waals surface area contributed by atoms with Gasteiger partial charge in [0.05, 0.1) is 0 Å². The molecule has 0 spiro atoms. The van der Waals surface area contributed by atoms with Gasteiger partial charge in [-0.15, -0.1) is 0 Å². The molecule has 0 unspecified atom stereocenters. The number of carbonyl (C=O) groups excluding carboxylic acids is 1. The number of nitrogens with one attached hydrogen (secondary N) is 2. The second-order valence-corrected chi connectivity index (χ2v) is 5.84. The Hall–Kier alpha value is -1.22. The van der Waals surface area contributed by atoms with Crippen molar-refractivity contribution < 1.29 is 4.79 Å². The van der Waals surface area contributed by atoms with Gasteiger partial charge in [-0.25, -0.2) is 4.79 Å². The molecule has 1 aromatic carbocycles. The smallest absolute Gasteiger partial charge is 0.315 e. The Balaban J connectivity index is 1.68. The summed E-state index contributed by atoms with van der Waals surface area (Å²) in [6.07, 6.45) is 8.03. The summed E-state index contributed by atoms with van der Waals surface area (Å²) >= 11 is 6.08. The number of hydrogen-bond donors (Lipinski definition) is 2. The van der Waals surface area contributed by atoms with E-state index in [1.54, 1.807) is 0 Å². The number of benzene rings is 1. The highest BCUT2D eigenvalue weighted by Crippen LogP contribution is 2.17. The van der Waals surface area contributed by atoms with Crippen LogP contribution in [0.2, 0.25) is 5.02 Å². The quantitative estimate of drug-likeness (QED) is 0.812. The van der Waals surface area contributed by atoms with Crippen LogP contribution in [0.4, 0.5) is 4.79 Å². The van der Waals surface area contributed by atoms with Crippen LogP contribution in [-0.2, 0) is 6.42 Å². The molecule has 4 heteroatoms. The minimum absolute atomic E-state index is 0.0519. The number of amides is 2. The summed E-state index contributed by atoms with van der Waals surface area (Å²) in [6.45, 7) is 0.613. The van der Waals surface area contributed by atoms with E-state index < -0.39 is 0 Å². The molecule has 0 saturated heterocycles. The van der Waals surface area contributed by atoms with E-state index in [1.807, 2.05) is 24.3 Å². The second-order valence-electron chi connectivity index (χ2n) is 5.43. The number of hydrogen-bond acceptors (Lipinski definition) is 1. The summed E-state index contributed by atoms with van der Waals surface area (Å²) in [5.41, 5.74) is 1.07. The van der Waals surface area contributed by atoms with Gasteiger partial charge in [0.2, 0.25) is 0 Å². The normalized spacial score (nSPS) is 16.4. The van der Waals surface area contributed by atoms with E-state index >= 15 is 0 Å². The lowest BCUT2D eigenvalue weighted by atomic mass is 10.1. The molecule has 1 aromatic rings. The van der Waals surface area contributed by atoms with Crippen LogP contribution in [0.5, 0.6) is 0 Å². The first-order valence-corrected chi connectivity index (χ1v) is 7.91. The van der Waals surface area contributed by atoms with Gasteiger partial charge in [0.15, 0.2) is 0 Å². The van der Waals surface area contributed by atoms with Crippen molar-refractivity contribution in [1.82, 2.24) is 10.6 Å². The Kier molecular flexibility index (Phi) is 6.19. The Labute approximate surface area is 126 Å². The molecular formula is C16H23ClN2O. The van der Waals surface area contributed by atoms with E-state index in [4.69, 9.17) is 11.6 Å². The van der Waals surface area contributed by atoms with E-state index in [0.29, 0.717) is 12.6 Å². The summed E-state index contributed by atoms with van der Waals surface area (Å²) in [5.74, 6) is 0. The van der Waals surface area contributed by atoms with Crippen LogP contribution in [0.25, 0.3) is 0 Å². The van der Waals surface area contributed by atoms with Gasteiger partial charge in [0.25, 0.3) is 0 Å². The molecule has 2 rings (SSSR count). The lowest BCUT2D eigenvalue weighted by molar-refractivity contribution is 0.235. The zero-order valence-electron chi connectivity index (χ0n) is 11.8. The van der Waals surface area contributed by atoms with Crippen LogP contribution in [0.15, 0.2) is 24.3 Å². The standard InChI is InChI=1S/C16H23ClN2O/c17-15-10-6-5-7-13(15)11-12-18-16(20)19-14-8-3-1-2-4-9-14/h5-7,10,14H,1-4,8-9,11-12H2,(H2,18,19,20). The van der Waals surface area contributed by atoms with Gasteiger partial charge in [-0.2, -0.15) is 0 Å². The lowest BCUT2D eigenvalue weighted by Crippen LogP contribution is -2.42. The van der Waals surface area contributed by atoms with Crippen molar-refractivity contribution in [3.8, 4) is 0 Å². The number of carbonyl (C=O) groups is 1. The summed E-state index contributed by atoms with van der Waals surface area (Å²) in [4.78, 5) is 11.8. The molecule has 3 nitrogen and oxygen atoms in total. The number of halogens is 1. The van der Waals surface area contributed by atoms with Crippen LogP contribution in [0, 0.1) is 0 Å². The molecule has 0 atom stereocenters. The molecular weight excluding hydrogens is 272 g/mol. The Morgan fingerprint density at radius 2 is 1.85 bits per heavy atom. The first kappa shape index (κ1) is 15.2. The molecule has 0 radical (unpaired) electrons. The van der Waals surface area contributed by atoms with Gasteiger partial charge >= 0.3 is 6.03 Å². The Morgan fingerprint density at radius 1 is 1.15 bits per heavy atom. The van der Waals surface area contributed by atoms with Gasteiger partial charge in [0, 0.05) is 17.6 Å². The fourth-order valence-electron chi connectivity index (χ4n) is 2.67. The molecule has 0 aromatic heterocycles. The van der Waals surface area contributed by atoms with Crippen molar-refractivity contribution in [2.45, 2.75) is 51.0 Å². The molecule has 1 aliphatic rings. The maximum Gasteiger partial charge on any atom is 0.315 e. The third-order valence-electron chi connectivity index (χ3n) is 3.83. The maximum atomic E-state index is 11.8. The van der Waals surface area contributed by atoms with Gasteiger partial charge in [-0.05, 0) is 30.9 Å². The van der Waals surface area contributed by atoms with Gasteiger partial charge in [-0.3, -0.25) is 0 Å². The largest absolute Gasteiger partial charge is 0.338 e. The first-order chi connectivity index (χ1) is 9.75. The molecule has 110 valence electrons. The van der Waals surface area contributed by atoms with Crippen LogP contribution < -0.4 is 10.6 Å². The molecule has 1 aliphatic carbocycles.